The second-order valence-electron chi connectivity index (χ2n) is 5.65. The molecule has 0 aliphatic carbocycles. The Morgan fingerprint density at radius 2 is 2.00 bits per heavy atom. The maximum Gasteiger partial charge on any atom is 0.252 e. The molecule has 0 aliphatic rings. The molecule has 0 atom stereocenters. The smallest absolute Gasteiger partial charge is 0.252 e. The van der Waals surface area contributed by atoms with E-state index in [1.54, 1.807) is 30.3 Å². The van der Waals surface area contributed by atoms with E-state index in [1.807, 2.05) is 0 Å². The lowest BCUT2D eigenvalue weighted by molar-refractivity contribution is 0.100. The number of hydrogen-bond acceptors (Lipinski definition) is 7. The van der Waals surface area contributed by atoms with Gasteiger partial charge in [0.2, 0.25) is 0 Å². The number of nitrogens with two attached hydrogens (primary N) is 1. The van der Waals surface area contributed by atoms with Crippen LogP contribution in [0.2, 0.25) is 0 Å². The lowest BCUT2D eigenvalue weighted by Crippen LogP contribution is -2.14. The summed E-state index contributed by atoms with van der Waals surface area (Å²) in [7, 11) is -3.44. The number of sulfone groups is 1. The van der Waals surface area contributed by atoms with Crippen molar-refractivity contribution in [2.75, 3.05) is 11.6 Å². The van der Waals surface area contributed by atoms with Crippen molar-refractivity contribution in [1.29, 1.82) is 5.53 Å². The van der Waals surface area contributed by atoms with Crippen LogP contribution in [0, 0.1) is 5.53 Å². The van der Waals surface area contributed by atoms with Gasteiger partial charge in [0.1, 0.15) is 0 Å². The predicted octanol–water partition coefficient (Wildman–Crippen LogP) is 3.14. The van der Waals surface area contributed by atoms with Crippen LogP contribution in [-0.2, 0) is 9.84 Å². The van der Waals surface area contributed by atoms with Gasteiger partial charge in [0.15, 0.2) is 9.84 Å². The van der Waals surface area contributed by atoms with Crippen LogP contribution >= 0.6 is 0 Å². The molecule has 2 aromatic carbocycles. The van der Waals surface area contributed by atoms with Crippen molar-refractivity contribution in [2.45, 2.75) is 4.90 Å². The van der Waals surface area contributed by atoms with Crippen molar-refractivity contribution in [3.63, 3.8) is 0 Å². The Hall–Kier alpha value is -3.33. The number of primary amides is 1. The molecule has 132 valence electrons. The first-order valence-corrected chi connectivity index (χ1v) is 9.36. The Morgan fingerprint density at radius 1 is 1.23 bits per heavy atom. The maximum absolute atomic E-state index is 11.9. The number of carbonyl (C=O) groups excluding carboxylic acids is 1. The van der Waals surface area contributed by atoms with E-state index in [0.717, 1.165) is 6.26 Å². The summed E-state index contributed by atoms with van der Waals surface area (Å²) in [6, 6.07) is 11.2. The van der Waals surface area contributed by atoms with Gasteiger partial charge in [-0.15, -0.1) is 0 Å². The Bertz CT molecular complexity index is 1140. The fourth-order valence-electron chi connectivity index (χ4n) is 2.52. The van der Waals surface area contributed by atoms with Crippen LogP contribution in [-0.4, -0.2) is 25.6 Å². The second kappa shape index (κ2) is 6.52. The van der Waals surface area contributed by atoms with Crippen LogP contribution in [0.15, 0.2) is 58.7 Å². The zero-order valence-electron chi connectivity index (χ0n) is 13.7. The largest absolute Gasteiger partial charge is 0.365 e. The standard InChI is InChI=1S/C17H15N5O3S/c1-26(24,25)12-5-6-15-13(8-12)16(14(9-20-15)17(18)23)21-10-3-2-4-11(7-10)22-19/h2-9,19H,1H3,(H2,18,23)(H,20,21). The molecular formula is C17H15N5O3S. The number of benzene rings is 2. The van der Waals surface area contributed by atoms with E-state index >= 15 is 0 Å². The molecule has 1 heterocycles. The van der Waals surface area contributed by atoms with Gasteiger partial charge in [-0.05, 0) is 36.4 Å². The molecule has 26 heavy (non-hydrogen) atoms. The van der Waals surface area contributed by atoms with Gasteiger partial charge in [0.25, 0.3) is 5.91 Å². The molecule has 0 saturated heterocycles. The number of fused-ring (bicyclic) bond motifs is 1. The number of aromatic nitrogens is 1. The number of nitrogens with one attached hydrogen (secondary N) is 2. The first-order chi connectivity index (χ1) is 12.3. The average molecular weight is 369 g/mol. The number of carbonyl (C=O) groups is 1. The third kappa shape index (κ3) is 3.38. The minimum atomic E-state index is -3.44. The zero-order chi connectivity index (χ0) is 18.9. The summed E-state index contributed by atoms with van der Waals surface area (Å²) in [6.07, 6.45) is 2.44. The van der Waals surface area contributed by atoms with E-state index in [2.05, 4.69) is 15.4 Å². The Labute approximate surface area is 149 Å². The summed E-state index contributed by atoms with van der Waals surface area (Å²) in [5, 5.41) is 6.88. The topological polar surface area (TPSA) is 138 Å². The third-order valence-corrected chi connectivity index (χ3v) is 4.89. The summed E-state index contributed by atoms with van der Waals surface area (Å²) in [4.78, 5) is 16.1. The van der Waals surface area contributed by atoms with Gasteiger partial charge in [-0.3, -0.25) is 9.78 Å². The van der Waals surface area contributed by atoms with Crippen LogP contribution in [0.3, 0.4) is 0 Å². The van der Waals surface area contributed by atoms with Crippen LogP contribution in [0.5, 0.6) is 0 Å². The monoisotopic (exact) mass is 369 g/mol. The van der Waals surface area contributed by atoms with E-state index in [1.165, 1.54) is 18.3 Å². The number of pyridine rings is 1. The van der Waals surface area contributed by atoms with E-state index in [9.17, 15) is 13.2 Å². The number of nitrogens with zero attached hydrogens (tertiary/aromatic N) is 2. The quantitative estimate of drug-likeness (QED) is 0.593. The van der Waals surface area contributed by atoms with Gasteiger partial charge in [-0.25, -0.2) is 13.9 Å². The van der Waals surface area contributed by atoms with Crippen molar-refractivity contribution in [1.82, 2.24) is 4.98 Å². The van der Waals surface area contributed by atoms with E-state index in [4.69, 9.17) is 11.3 Å². The van der Waals surface area contributed by atoms with Crippen LogP contribution in [0.1, 0.15) is 10.4 Å². The number of rotatable bonds is 5. The normalized spacial score (nSPS) is 11.3. The average Bonchev–Trinajstić information content (AvgIpc) is 2.60. The molecule has 3 aromatic rings. The van der Waals surface area contributed by atoms with Gasteiger partial charge in [0.05, 0.1) is 27.4 Å². The fraction of sp³-hybridized carbons (Fsp3) is 0.0588. The molecule has 1 aromatic heterocycles. The number of hydrogen-bond donors (Lipinski definition) is 3. The van der Waals surface area contributed by atoms with Crippen LogP contribution in [0.25, 0.3) is 10.9 Å². The summed E-state index contributed by atoms with van der Waals surface area (Å²) in [5.74, 6) is -0.701. The van der Waals surface area contributed by atoms with Gasteiger partial charge >= 0.3 is 0 Å². The Balaban J connectivity index is 2.26. The summed E-state index contributed by atoms with van der Waals surface area (Å²) >= 11 is 0. The van der Waals surface area contributed by atoms with Crippen molar-refractivity contribution in [3.8, 4) is 0 Å². The molecule has 3 rings (SSSR count). The molecule has 0 bridgehead atoms. The molecule has 1 amide bonds. The van der Waals surface area contributed by atoms with E-state index in [-0.39, 0.29) is 10.5 Å². The minimum Gasteiger partial charge on any atom is -0.365 e. The highest BCUT2D eigenvalue weighted by Gasteiger charge is 2.16. The molecule has 0 aliphatic heterocycles. The molecule has 0 unspecified atom stereocenters. The SMILES string of the molecule is CS(=O)(=O)c1ccc2ncc(C(N)=O)c(Nc3cccc(N=N)c3)c2c1. The molecular weight excluding hydrogens is 354 g/mol. The lowest BCUT2D eigenvalue weighted by Gasteiger charge is -2.14. The molecule has 9 heteroatoms. The highest BCUT2D eigenvalue weighted by molar-refractivity contribution is 7.90. The molecule has 0 spiro atoms. The maximum atomic E-state index is 11.9. The molecule has 0 radical (unpaired) electrons. The van der Waals surface area contributed by atoms with Gasteiger partial charge in [-0.1, -0.05) is 6.07 Å². The van der Waals surface area contributed by atoms with Gasteiger partial charge < -0.3 is 11.1 Å². The molecule has 4 N–H and O–H groups in total. The second-order valence-corrected chi connectivity index (χ2v) is 7.67. The zero-order valence-corrected chi connectivity index (χ0v) is 14.5. The molecule has 8 nitrogen and oxygen atoms in total. The third-order valence-electron chi connectivity index (χ3n) is 3.78. The van der Waals surface area contributed by atoms with Crippen LogP contribution in [0.4, 0.5) is 17.1 Å². The Kier molecular flexibility index (Phi) is 4.39. The fourth-order valence-corrected chi connectivity index (χ4v) is 3.17. The number of anilines is 2. The van der Waals surface area contributed by atoms with Gasteiger partial charge in [-0.2, -0.15) is 5.11 Å². The first kappa shape index (κ1) is 17.5. The van der Waals surface area contributed by atoms with Crippen molar-refractivity contribution in [2.24, 2.45) is 10.8 Å². The van der Waals surface area contributed by atoms with Crippen molar-refractivity contribution < 1.29 is 13.2 Å². The summed E-state index contributed by atoms with van der Waals surface area (Å²) in [5.41, 5.74) is 14.5. The number of amides is 1. The van der Waals surface area contributed by atoms with Crippen molar-refractivity contribution in [3.05, 3.63) is 54.2 Å². The Morgan fingerprint density at radius 3 is 2.65 bits per heavy atom. The highest BCUT2D eigenvalue weighted by atomic mass is 32.2. The molecule has 0 saturated carbocycles. The summed E-state index contributed by atoms with van der Waals surface area (Å²) < 4.78 is 23.8. The highest BCUT2D eigenvalue weighted by Crippen LogP contribution is 2.31. The minimum absolute atomic E-state index is 0.103. The van der Waals surface area contributed by atoms with E-state index in [0.29, 0.717) is 28.0 Å². The van der Waals surface area contributed by atoms with E-state index < -0.39 is 15.7 Å². The van der Waals surface area contributed by atoms with Gasteiger partial charge in [0, 0.05) is 23.5 Å². The predicted molar refractivity (Wildman–Crippen MR) is 97.9 cm³/mol. The van der Waals surface area contributed by atoms with Crippen LogP contribution < -0.4 is 11.1 Å². The first-order valence-electron chi connectivity index (χ1n) is 7.47. The van der Waals surface area contributed by atoms with Crippen molar-refractivity contribution >= 4 is 43.7 Å². The molecule has 0 fully saturated rings. The summed E-state index contributed by atoms with van der Waals surface area (Å²) in [6.45, 7) is 0. The lowest BCUT2D eigenvalue weighted by atomic mass is 10.1.